The van der Waals surface area contributed by atoms with Crippen molar-refractivity contribution in [3.05, 3.63) is 47.3 Å². The fourth-order valence-electron chi connectivity index (χ4n) is 1.38. The molecule has 1 unspecified atom stereocenters. The van der Waals surface area contributed by atoms with Gasteiger partial charge in [0, 0.05) is 17.3 Å². The number of carbonyl (C=O) groups is 1. The predicted octanol–water partition coefficient (Wildman–Crippen LogP) is 2.14. The Morgan fingerprint density at radius 2 is 1.84 bits per heavy atom. The number of rotatable bonds is 3. The van der Waals surface area contributed by atoms with E-state index >= 15 is 0 Å². The van der Waals surface area contributed by atoms with Crippen LogP contribution in [-0.2, 0) is 10.0 Å². The zero-order valence-corrected chi connectivity index (χ0v) is 11.9. The monoisotopic (exact) mass is 317 g/mol. The van der Waals surface area contributed by atoms with Crippen LogP contribution >= 0.6 is 20.4 Å². The normalized spacial score (nSPS) is 12.2. The molecule has 0 aliphatic heterocycles. The number of benzene rings is 1. The summed E-state index contributed by atoms with van der Waals surface area (Å²) in [5.74, 6) is -0.721. The topological polar surface area (TPSA) is 89.3 Å². The molecule has 1 aromatic carbocycles. The van der Waals surface area contributed by atoms with Crippen molar-refractivity contribution < 1.29 is 13.2 Å². The standard InChI is InChI=1S/C11H9ClN2O3S2/c12-18-7-1-2-10(18)19(16,17)14-11(15)8-3-5-9(13)6-4-8/h1-7H,(H2-,13,14,15)/p+1. The second-order valence-corrected chi connectivity index (χ2v) is 7.84. The molecule has 0 saturated carbocycles. The van der Waals surface area contributed by atoms with E-state index in [0.717, 1.165) is 0 Å². The number of amides is 1. The SMILES string of the molecule is Nc1ccc(C(=O)NS(=O)(=O)c2ccc[s+]2Cl)cc1. The molecular formula is C11H10ClN2O3S2+. The molecule has 2 rings (SSSR count). The van der Waals surface area contributed by atoms with Crippen LogP contribution in [0.5, 0.6) is 0 Å². The largest absolute Gasteiger partial charge is 0.399 e. The zero-order valence-electron chi connectivity index (χ0n) is 9.54. The number of nitrogen functional groups attached to an aromatic ring is 1. The van der Waals surface area contributed by atoms with Crippen LogP contribution in [0.15, 0.2) is 46.0 Å². The van der Waals surface area contributed by atoms with Crippen LogP contribution in [0.2, 0.25) is 0 Å². The van der Waals surface area contributed by atoms with Crippen LogP contribution in [-0.4, -0.2) is 14.3 Å². The summed E-state index contributed by atoms with van der Waals surface area (Å²) in [6, 6.07) is 8.84. The van der Waals surface area contributed by atoms with E-state index in [1.165, 1.54) is 30.3 Å². The molecule has 2 aromatic rings. The zero-order chi connectivity index (χ0) is 14.0. The minimum Gasteiger partial charge on any atom is -0.399 e. The quantitative estimate of drug-likeness (QED) is 0.670. The molecule has 19 heavy (non-hydrogen) atoms. The smallest absolute Gasteiger partial charge is 0.315 e. The van der Waals surface area contributed by atoms with Crippen molar-refractivity contribution in [1.29, 1.82) is 0 Å². The van der Waals surface area contributed by atoms with E-state index in [1.807, 2.05) is 4.72 Å². The highest BCUT2D eigenvalue weighted by atomic mass is 35.7. The number of anilines is 1. The summed E-state index contributed by atoms with van der Waals surface area (Å²) in [6.45, 7) is 0. The number of halogens is 1. The molecule has 0 fully saturated rings. The Morgan fingerprint density at radius 3 is 2.37 bits per heavy atom. The van der Waals surface area contributed by atoms with Gasteiger partial charge >= 0.3 is 14.2 Å². The molecule has 100 valence electrons. The molecular weight excluding hydrogens is 308 g/mol. The van der Waals surface area contributed by atoms with Gasteiger partial charge in [-0.25, -0.2) is 4.72 Å². The van der Waals surface area contributed by atoms with Crippen LogP contribution in [0.1, 0.15) is 10.4 Å². The van der Waals surface area contributed by atoms with Gasteiger partial charge in [-0.3, -0.25) is 4.79 Å². The first-order valence-corrected chi connectivity index (χ1v) is 8.70. The Balaban J connectivity index is 2.24. The van der Waals surface area contributed by atoms with Gasteiger partial charge in [-0.1, -0.05) is 0 Å². The highest BCUT2D eigenvalue weighted by Crippen LogP contribution is 2.32. The fourth-order valence-corrected chi connectivity index (χ4v) is 4.87. The molecule has 0 aliphatic rings. The Kier molecular flexibility index (Phi) is 3.79. The molecule has 1 heterocycles. The van der Waals surface area contributed by atoms with Gasteiger partial charge in [0.1, 0.15) is 9.68 Å². The Morgan fingerprint density at radius 1 is 1.21 bits per heavy atom. The lowest BCUT2D eigenvalue weighted by atomic mass is 10.2. The van der Waals surface area contributed by atoms with Crippen molar-refractivity contribution >= 4 is 42.0 Å². The van der Waals surface area contributed by atoms with E-state index in [-0.39, 0.29) is 9.77 Å². The van der Waals surface area contributed by atoms with Crippen molar-refractivity contribution in [1.82, 2.24) is 4.72 Å². The predicted molar refractivity (Wildman–Crippen MR) is 75.7 cm³/mol. The third-order valence-electron chi connectivity index (χ3n) is 2.29. The van der Waals surface area contributed by atoms with E-state index in [1.54, 1.807) is 11.4 Å². The van der Waals surface area contributed by atoms with Crippen molar-refractivity contribution in [2.75, 3.05) is 5.73 Å². The molecule has 0 aliphatic carbocycles. The molecule has 0 radical (unpaired) electrons. The first kappa shape index (κ1) is 13.9. The Hall–Kier alpha value is -1.57. The summed E-state index contributed by atoms with van der Waals surface area (Å²) < 4.78 is 25.9. The molecule has 1 atom stereocenters. The molecule has 1 aromatic heterocycles. The molecule has 3 N–H and O–H groups in total. The van der Waals surface area contributed by atoms with Gasteiger partial charge in [0.15, 0.2) is 5.38 Å². The second-order valence-electron chi connectivity index (χ2n) is 3.65. The van der Waals surface area contributed by atoms with Gasteiger partial charge in [-0.15, -0.1) is 0 Å². The van der Waals surface area contributed by atoms with Crippen LogP contribution in [0.25, 0.3) is 0 Å². The third kappa shape index (κ3) is 3.06. The highest BCUT2D eigenvalue weighted by molar-refractivity contribution is 7.94. The molecule has 1 amide bonds. The molecule has 0 spiro atoms. The number of sulfonamides is 1. The first-order chi connectivity index (χ1) is 8.90. The summed E-state index contributed by atoms with van der Waals surface area (Å²) in [4.78, 5) is 11.8. The van der Waals surface area contributed by atoms with Crippen LogP contribution in [0, 0.1) is 0 Å². The molecule has 0 saturated heterocycles. The van der Waals surface area contributed by atoms with Crippen LogP contribution in [0.3, 0.4) is 0 Å². The minimum absolute atomic E-state index is 0.0158. The number of hydrogen-bond acceptors (Lipinski definition) is 4. The number of carbonyl (C=O) groups excluding carboxylic acids is 1. The number of thiophene rings is 1. The van der Waals surface area contributed by atoms with E-state index in [4.69, 9.17) is 16.4 Å². The molecule has 8 heteroatoms. The summed E-state index contributed by atoms with van der Waals surface area (Å²) in [6.07, 6.45) is 0. The maximum atomic E-state index is 12.0. The highest BCUT2D eigenvalue weighted by Gasteiger charge is 2.29. The summed E-state index contributed by atoms with van der Waals surface area (Å²) in [5, 5.41) is 1.55. The van der Waals surface area contributed by atoms with E-state index in [9.17, 15) is 13.2 Å². The third-order valence-corrected chi connectivity index (χ3v) is 6.60. The van der Waals surface area contributed by atoms with Gasteiger partial charge < -0.3 is 5.73 Å². The molecule has 5 nitrogen and oxygen atoms in total. The second kappa shape index (κ2) is 5.20. The van der Waals surface area contributed by atoms with E-state index in [2.05, 4.69) is 0 Å². The summed E-state index contributed by atoms with van der Waals surface area (Å²) >= 11 is 0. The number of nitrogens with one attached hydrogen (secondary N) is 1. The van der Waals surface area contributed by atoms with Crippen molar-refractivity contribution in [2.24, 2.45) is 0 Å². The Bertz CT molecular complexity index is 708. The maximum Gasteiger partial charge on any atom is 0.315 e. The fraction of sp³-hybridized carbons (Fsp3) is 0. The summed E-state index contributed by atoms with van der Waals surface area (Å²) in [5.41, 5.74) is 6.19. The lowest BCUT2D eigenvalue weighted by Gasteiger charge is -2.03. The van der Waals surface area contributed by atoms with Gasteiger partial charge in [0.25, 0.3) is 5.91 Å². The van der Waals surface area contributed by atoms with E-state index < -0.39 is 25.6 Å². The van der Waals surface area contributed by atoms with E-state index in [0.29, 0.717) is 5.69 Å². The lowest BCUT2D eigenvalue weighted by molar-refractivity contribution is 0.0981. The van der Waals surface area contributed by atoms with Gasteiger partial charge in [0.2, 0.25) is 10.7 Å². The minimum atomic E-state index is -3.92. The van der Waals surface area contributed by atoms with Crippen molar-refractivity contribution in [3.63, 3.8) is 0 Å². The number of nitrogens with two attached hydrogens (primary N) is 1. The Labute approximate surface area is 117 Å². The van der Waals surface area contributed by atoms with Gasteiger partial charge in [-0.05, 0) is 30.3 Å². The van der Waals surface area contributed by atoms with Crippen LogP contribution in [0.4, 0.5) is 5.69 Å². The van der Waals surface area contributed by atoms with Crippen molar-refractivity contribution in [3.8, 4) is 0 Å². The first-order valence-electron chi connectivity index (χ1n) is 5.11. The average Bonchev–Trinajstić information content (AvgIpc) is 2.76. The van der Waals surface area contributed by atoms with Gasteiger partial charge in [-0.2, -0.15) is 8.42 Å². The number of hydrogen-bond donors (Lipinski definition) is 2. The maximum absolute atomic E-state index is 12.0. The average molecular weight is 318 g/mol. The molecule has 0 bridgehead atoms. The lowest BCUT2D eigenvalue weighted by Crippen LogP contribution is -2.30. The van der Waals surface area contributed by atoms with Crippen molar-refractivity contribution in [2.45, 2.75) is 4.21 Å². The van der Waals surface area contributed by atoms with Gasteiger partial charge in [0.05, 0.1) is 0 Å². The van der Waals surface area contributed by atoms with Crippen LogP contribution < -0.4 is 10.5 Å². The summed E-state index contributed by atoms with van der Waals surface area (Å²) in [7, 11) is 0.894.